The maximum atomic E-state index is 13.0. The highest BCUT2D eigenvalue weighted by Crippen LogP contribution is 2.47. The van der Waals surface area contributed by atoms with Crippen LogP contribution in [0.15, 0.2) is 45.1 Å². The molecule has 1 aromatic heterocycles. The molecular formula is C19H18ClN3O3. The van der Waals surface area contributed by atoms with E-state index >= 15 is 0 Å². The molecule has 0 bridgehead atoms. The molecule has 0 saturated heterocycles. The van der Waals surface area contributed by atoms with Crippen molar-refractivity contribution in [3.05, 3.63) is 72.5 Å². The predicted molar refractivity (Wildman–Crippen MR) is 99.6 cm³/mol. The molecule has 1 atom stereocenters. The van der Waals surface area contributed by atoms with E-state index in [-0.39, 0.29) is 11.2 Å². The maximum Gasteiger partial charge on any atom is 0.327 e. The van der Waals surface area contributed by atoms with Crippen molar-refractivity contribution in [2.45, 2.75) is 32.6 Å². The third kappa shape index (κ3) is 2.70. The van der Waals surface area contributed by atoms with Crippen LogP contribution in [-0.2, 0) is 4.79 Å². The average Bonchev–Trinajstić information content (AvgIpc) is 2.52. The second kappa shape index (κ2) is 5.71. The van der Waals surface area contributed by atoms with Crippen LogP contribution in [0.1, 0.15) is 43.7 Å². The number of hydrogen-bond donors (Lipinski definition) is 3. The summed E-state index contributed by atoms with van der Waals surface area (Å²) in [5, 5.41) is 3.71. The third-order valence-electron chi connectivity index (χ3n) is 4.96. The summed E-state index contributed by atoms with van der Waals surface area (Å²) in [6.07, 6.45) is 1.07. The number of aromatic amines is 2. The Kier molecular flexibility index (Phi) is 3.70. The first-order valence-corrected chi connectivity index (χ1v) is 8.78. The number of halogens is 1. The van der Waals surface area contributed by atoms with Crippen LogP contribution in [0.4, 0.5) is 5.82 Å². The number of carbonyl (C=O) groups is 1. The van der Waals surface area contributed by atoms with Crippen molar-refractivity contribution in [2.75, 3.05) is 5.32 Å². The van der Waals surface area contributed by atoms with Gasteiger partial charge in [-0.15, -0.1) is 0 Å². The molecule has 134 valence electrons. The molecule has 3 N–H and O–H groups in total. The van der Waals surface area contributed by atoms with Gasteiger partial charge in [-0.3, -0.25) is 19.6 Å². The van der Waals surface area contributed by atoms with E-state index in [9.17, 15) is 14.4 Å². The molecule has 1 aliphatic carbocycles. The maximum absolute atomic E-state index is 13.0. The van der Waals surface area contributed by atoms with E-state index in [4.69, 9.17) is 11.6 Å². The fourth-order valence-electron chi connectivity index (χ4n) is 3.94. The summed E-state index contributed by atoms with van der Waals surface area (Å²) in [5.41, 5.74) is 1.22. The molecular weight excluding hydrogens is 354 g/mol. The van der Waals surface area contributed by atoms with Crippen molar-refractivity contribution in [3.63, 3.8) is 0 Å². The van der Waals surface area contributed by atoms with E-state index in [1.54, 1.807) is 12.1 Å². The van der Waals surface area contributed by atoms with Gasteiger partial charge in [-0.05, 0) is 29.5 Å². The molecule has 7 heteroatoms. The Balaban J connectivity index is 2.00. The van der Waals surface area contributed by atoms with Crippen LogP contribution in [0, 0.1) is 5.41 Å². The SMILES string of the molecule is CC1(C)CC(=O)C2=C(C1)Nc1[nH]c(=O)[nH]c(=O)c1[C@H]2c1ccc(Cl)cc1. The molecule has 2 heterocycles. The van der Waals surface area contributed by atoms with Crippen LogP contribution in [0.5, 0.6) is 0 Å². The minimum absolute atomic E-state index is 0.0138. The Morgan fingerprint density at radius 3 is 2.42 bits per heavy atom. The lowest BCUT2D eigenvalue weighted by Crippen LogP contribution is -2.38. The van der Waals surface area contributed by atoms with Crippen molar-refractivity contribution < 1.29 is 4.79 Å². The van der Waals surface area contributed by atoms with Crippen LogP contribution in [0.25, 0.3) is 0 Å². The minimum atomic E-state index is -0.582. The predicted octanol–water partition coefficient (Wildman–Crippen LogP) is 2.92. The molecule has 0 spiro atoms. The second-order valence-corrected chi connectivity index (χ2v) is 8.08. The number of anilines is 1. The number of ketones is 1. The lowest BCUT2D eigenvalue weighted by Gasteiger charge is -2.38. The summed E-state index contributed by atoms with van der Waals surface area (Å²) < 4.78 is 0. The number of H-pyrrole nitrogens is 2. The van der Waals surface area contributed by atoms with Crippen LogP contribution >= 0.6 is 11.6 Å². The number of rotatable bonds is 1. The third-order valence-corrected chi connectivity index (χ3v) is 5.21. The molecule has 2 aliphatic rings. The van der Waals surface area contributed by atoms with Crippen molar-refractivity contribution >= 4 is 23.2 Å². The molecule has 0 saturated carbocycles. The summed E-state index contributed by atoms with van der Waals surface area (Å²) in [6.45, 7) is 4.06. The van der Waals surface area contributed by atoms with Gasteiger partial charge in [-0.25, -0.2) is 4.79 Å². The minimum Gasteiger partial charge on any atom is -0.344 e. The number of fused-ring (bicyclic) bond motifs is 1. The van der Waals surface area contributed by atoms with Crippen molar-refractivity contribution in [3.8, 4) is 0 Å². The van der Waals surface area contributed by atoms with Gasteiger partial charge in [0.2, 0.25) is 0 Å². The fraction of sp³-hybridized carbons (Fsp3) is 0.316. The van der Waals surface area contributed by atoms with E-state index in [1.165, 1.54) is 0 Å². The molecule has 0 amide bonds. The standard InChI is InChI=1S/C19H18ClN3O3/c1-19(2)7-11-14(12(24)8-19)13(9-3-5-10(20)6-4-9)15-16(21-11)22-18(26)23-17(15)25/h3-6,13H,7-8H2,1-2H3,(H3,21,22,23,25,26)/t13-/m0/s1. The molecule has 0 unspecified atom stereocenters. The van der Waals surface area contributed by atoms with E-state index in [2.05, 4.69) is 15.3 Å². The molecule has 26 heavy (non-hydrogen) atoms. The van der Waals surface area contributed by atoms with E-state index in [0.29, 0.717) is 34.8 Å². The lowest BCUT2D eigenvalue weighted by molar-refractivity contribution is -0.118. The van der Waals surface area contributed by atoms with Crippen molar-refractivity contribution in [1.82, 2.24) is 9.97 Å². The monoisotopic (exact) mass is 371 g/mol. The number of aromatic nitrogens is 2. The Hall–Kier alpha value is -2.60. The molecule has 6 nitrogen and oxygen atoms in total. The number of benzene rings is 1. The van der Waals surface area contributed by atoms with Gasteiger partial charge < -0.3 is 5.32 Å². The molecule has 0 fully saturated rings. The summed E-state index contributed by atoms with van der Waals surface area (Å²) in [6, 6.07) is 7.08. The summed E-state index contributed by atoms with van der Waals surface area (Å²) in [5.74, 6) is -0.175. The topological polar surface area (TPSA) is 94.8 Å². The average molecular weight is 372 g/mol. The van der Waals surface area contributed by atoms with Crippen molar-refractivity contribution in [2.24, 2.45) is 5.41 Å². The highest BCUT2D eigenvalue weighted by molar-refractivity contribution is 6.30. The quantitative estimate of drug-likeness (QED) is 0.718. The van der Waals surface area contributed by atoms with Gasteiger partial charge in [0.1, 0.15) is 5.82 Å². The van der Waals surface area contributed by atoms with Gasteiger partial charge in [-0.2, -0.15) is 0 Å². The van der Waals surface area contributed by atoms with Crippen LogP contribution in [-0.4, -0.2) is 15.8 Å². The number of nitrogens with one attached hydrogen (secondary N) is 3. The number of Topliss-reactive ketones (excluding diaryl/α,β-unsaturated/α-hetero) is 1. The Labute approximate surface area is 154 Å². The number of allylic oxidation sites excluding steroid dienone is 2. The zero-order chi connectivity index (χ0) is 18.6. The summed E-state index contributed by atoms with van der Waals surface area (Å²) in [7, 11) is 0. The number of carbonyl (C=O) groups excluding carboxylic acids is 1. The summed E-state index contributed by atoms with van der Waals surface area (Å²) in [4.78, 5) is 42.2. The van der Waals surface area contributed by atoms with Gasteiger partial charge >= 0.3 is 5.69 Å². The van der Waals surface area contributed by atoms with Crippen LogP contribution < -0.4 is 16.6 Å². The highest BCUT2D eigenvalue weighted by Gasteiger charge is 2.42. The van der Waals surface area contributed by atoms with Crippen LogP contribution in [0.3, 0.4) is 0 Å². The zero-order valence-electron chi connectivity index (χ0n) is 14.4. The first kappa shape index (κ1) is 16.8. The normalized spacial score (nSPS) is 21.0. The largest absolute Gasteiger partial charge is 0.344 e. The molecule has 1 aromatic carbocycles. The first-order valence-electron chi connectivity index (χ1n) is 8.40. The number of hydrogen-bond acceptors (Lipinski definition) is 4. The first-order chi connectivity index (χ1) is 12.2. The van der Waals surface area contributed by atoms with Crippen molar-refractivity contribution in [1.29, 1.82) is 0 Å². The molecule has 0 radical (unpaired) electrons. The van der Waals surface area contributed by atoms with Gasteiger partial charge in [0.25, 0.3) is 5.56 Å². The Bertz CT molecular complexity index is 1060. The molecule has 2 aromatic rings. The highest BCUT2D eigenvalue weighted by atomic mass is 35.5. The van der Waals surface area contributed by atoms with E-state index in [0.717, 1.165) is 11.3 Å². The van der Waals surface area contributed by atoms with Gasteiger partial charge in [0.05, 0.1) is 5.56 Å². The Morgan fingerprint density at radius 2 is 1.73 bits per heavy atom. The smallest absolute Gasteiger partial charge is 0.327 e. The van der Waals surface area contributed by atoms with Gasteiger partial charge in [-0.1, -0.05) is 37.6 Å². The second-order valence-electron chi connectivity index (χ2n) is 7.64. The van der Waals surface area contributed by atoms with Gasteiger partial charge in [0.15, 0.2) is 5.78 Å². The van der Waals surface area contributed by atoms with Crippen LogP contribution in [0.2, 0.25) is 5.02 Å². The zero-order valence-corrected chi connectivity index (χ0v) is 15.2. The van der Waals surface area contributed by atoms with E-state index in [1.807, 2.05) is 26.0 Å². The molecule has 4 rings (SSSR count). The molecule has 1 aliphatic heterocycles. The van der Waals surface area contributed by atoms with Gasteiger partial charge in [0, 0.05) is 28.6 Å². The summed E-state index contributed by atoms with van der Waals surface area (Å²) >= 11 is 6.00. The fourth-order valence-corrected chi connectivity index (χ4v) is 4.06. The Morgan fingerprint density at radius 1 is 1.04 bits per heavy atom. The lowest BCUT2D eigenvalue weighted by atomic mass is 9.69. The van der Waals surface area contributed by atoms with E-state index < -0.39 is 17.2 Å².